The van der Waals surface area contributed by atoms with E-state index >= 15 is 0 Å². The molecule has 1 aromatic heterocycles. The summed E-state index contributed by atoms with van der Waals surface area (Å²) in [5.74, 6) is 0. The van der Waals surface area contributed by atoms with E-state index in [1.165, 1.54) is 12.3 Å². The first kappa shape index (κ1) is 13.8. The van der Waals surface area contributed by atoms with E-state index in [0.717, 1.165) is 6.20 Å². The lowest BCUT2D eigenvalue weighted by Gasteiger charge is -2.16. The summed E-state index contributed by atoms with van der Waals surface area (Å²) >= 11 is 0. The van der Waals surface area contributed by atoms with Crippen LogP contribution in [0.25, 0.3) is 0 Å². The summed E-state index contributed by atoms with van der Waals surface area (Å²) in [6.07, 6.45) is 2.40. The van der Waals surface area contributed by atoms with Crippen LogP contribution in [0.2, 0.25) is 0 Å². The van der Waals surface area contributed by atoms with Gasteiger partial charge in [-0.2, -0.15) is 0 Å². The highest BCUT2D eigenvalue weighted by molar-refractivity contribution is 7.62. The predicted molar refractivity (Wildman–Crippen MR) is 61.4 cm³/mol. The molecule has 94 valence electrons. The quantitative estimate of drug-likeness (QED) is 0.440. The summed E-state index contributed by atoms with van der Waals surface area (Å²) in [5, 5.41) is 10.7. The lowest BCUT2D eigenvalue weighted by Crippen LogP contribution is -2.15. The summed E-state index contributed by atoms with van der Waals surface area (Å²) in [4.78, 5) is 13.9. The lowest BCUT2D eigenvalue weighted by molar-refractivity contribution is -0.383. The Kier molecular flexibility index (Phi) is 4.74. The number of pyridine rings is 1. The van der Waals surface area contributed by atoms with Gasteiger partial charge in [0.05, 0.1) is 18.1 Å². The number of hydrogen-bond acceptors (Lipinski definition) is 6. The van der Waals surface area contributed by atoms with Gasteiger partial charge in [0.15, 0.2) is 5.30 Å². The highest BCUT2D eigenvalue weighted by atomic mass is 31.2. The Labute approximate surface area is 98.5 Å². The maximum Gasteiger partial charge on any atom is 0.369 e. The summed E-state index contributed by atoms with van der Waals surface area (Å²) in [5.41, 5.74) is -0.315. The van der Waals surface area contributed by atoms with Crippen LogP contribution in [-0.2, 0) is 13.6 Å². The third-order valence-electron chi connectivity index (χ3n) is 1.87. The molecule has 0 radical (unpaired) electrons. The van der Waals surface area contributed by atoms with E-state index in [0.29, 0.717) is 0 Å². The van der Waals surface area contributed by atoms with E-state index in [4.69, 9.17) is 9.05 Å². The number of rotatable bonds is 6. The number of nitrogens with zero attached hydrogens (tertiary/aromatic N) is 2. The molecule has 0 N–H and O–H groups in total. The van der Waals surface area contributed by atoms with Crippen molar-refractivity contribution in [3.8, 4) is 0 Å². The molecule has 0 aliphatic rings. The van der Waals surface area contributed by atoms with Crippen molar-refractivity contribution in [3.05, 3.63) is 28.6 Å². The molecule has 0 bridgehead atoms. The third kappa shape index (κ3) is 3.09. The third-order valence-corrected chi connectivity index (χ3v) is 4.00. The first-order valence-corrected chi connectivity index (χ1v) is 6.57. The monoisotopic (exact) mass is 260 g/mol. The zero-order valence-electron chi connectivity index (χ0n) is 9.53. The van der Waals surface area contributed by atoms with Crippen molar-refractivity contribution in [3.63, 3.8) is 0 Å². The Morgan fingerprint density at radius 1 is 1.41 bits per heavy atom. The Morgan fingerprint density at radius 2 is 2.00 bits per heavy atom. The molecule has 0 amide bonds. The molecule has 7 nitrogen and oxygen atoms in total. The number of nitro groups is 1. The average Bonchev–Trinajstić information content (AvgIpc) is 2.29. The molecular weight excluding hydrogens is 247 g/mol. The lowest BCUT2D eigenvalue weighted by atomic mass is 10.4. The molecule has 0 aromatic carbocycles. The van der Waals surface area contributed by atoms with Crippen LogP contribution >= 0.6 is 7.60 Å². The minimum absolute atomic E-state index is 0.117. The van der Waals surface area contributed by atoms with Gasteiger partial charge in [0.2, 0.25) is 0 Å². The van der Waals surface area contributed by atoms with Crippen LogP contribution in [0.3, 0.4) is 0 Å². The minimum Gasteiger partial charge on any atom is -0.305 e. The van der Waals surface area contributed by atoms with Gasteiger partial charge in [-0.15, -0.1) is 0 Å². The molecule has 0 atom stereocenters. The fourth-order valence-electron chi connectivity index (χ4n) is 1.26. The topological polar surface area (TPSA) is 91.6 Å². The summed E-state index contributed by atoms with van der Waals surface area (Å²) in [6, 6.07) is 1.17. The smallest absolute Gasteiger partial charge is 0.305 e. The first-order chi connectivity index (χ1) is 8.05. The second kappa shape index (κ2) is 5.86. The van der Waals surface area contributed by atoms with Gasteiger partial charge >= 0.3 is 7.60 Å². The van der Waals surface area contributed by atoms with Gasteiger partial charge in [-0.3, -0.25) is 19.7 Å². The Hall–Kier alpha value is -1.30. The molecule has 17 heavy (non-hydrogen) atoms. The molecule has 0 unspecified atom stereocenters. The summed E-state index contributed by atoms with van der Waals surface area (Å²) in [6.45, 7) is 3.52. The summed E-state index contributed by atoms with van der Waals surface area (Å²) < 4.78 is 22.4. The predicted octanol–water partition coefficient (Wildman–Crippen LogP) is 1.88. The molecule has 0 aliphatic heterocycles. The normalized spacial score (nSPS) is 11.4. The molecule has 1 rings (SSSR count). The second-order valence-electron chi connectivity index (χ2n) is 2.95. The van der Waals surface area contributed by atoms with E-state index in [1.54, 1.807) is 13.8 Å². The van der Waals surface area contributed by atoms with E-state index in [2.05, 4.69) is 4.98 Å². The first-order valence-electron chi connectivity index (χ1n) is 5.03. The molecule has 1 heterocycles. The van der Waals surface area contributed by atoms with Gasteiger partial charge in [0, 0.05) is 18.5 Å². The number of hydrogen-bond donors (Lipinski definition) is 0. The van der Waals surface area contributed by atoms with Gasteiger partial charge in [0.25, 0.3) is 5.69 Å². The SMILES string of the molecule is CCOP(=O)(OCC)c1cnccc1[N+](=O)[O-]. The van der Waals surface area contributed by atoms with Crippen LogP contribution in [0.15, 0.2) is 18.5 Å². The zero-order chi connectivity index (χ0) is 12.9. The van der Waals surface area contributed by atoms with E-state index in [9.17, 15) is 14.7 Å². The molecular formula is C9H13N2O5P. The highest BCUT2D eigenvalue weighted by Gasteiger charge is 2.34. The standard InChI is InChI=1S/C9H13N2O5P/c1-3-15-17(14,16-4-2)9-7-10-6-5-8(9)11(12)13/h5-7H,3-4H2,1-2H3. The molecule has 0 saturated carbocycles. The Bertz CT molecular complexity index is 441. The van der Waals surface area contributed by atoms with Crippen molar-refractivity contribution < 1.29 is 18.5 Å². The molecule has 0 fully saturated rings. The van der Waals surface area contributed by atoms with Gasteiger partial charge in [-0.05, 0) is 13.8 Å². The largest absolute Gasteiger partial charge is 0.369 e. The van der Waals surface area contributed by atoms with Crippen molar-refractivity contribution >= 4 is 18.6 Å². The van der Waals surface area contributed by atoms with Crippen LogP contribution < -0.4 is 5.30 Å². The van der Waals surface area contributed by atoms with Gasteiger partial charge in [0.1, 0.15) is 0 Å². The van der Waals surface area contributed by atoms with Crippen LogP contribution in [0.5, 0.6) is 0 Å². The van der Waals surface area contributed by atoms with Crippen LogP contribution in [0, 0.1) is 10.1 Å². The number of aromatic nitrogens is 1. The van der Waals surface area contributed by atoms with E-state index in [-0.39, 0.29) is 24.2 Å². The maximum atomic E-state index is 12.4. The van der Waals surface area contributed by atoms with Crippen LogP contribution in [-0.4, -0.2) is 23.1 Å². The zero-order valence-corrected chi connectivity index (χ0v) is 10.4. The highest BCUT2D eigenvalue weighted by Crippen LogP contribution is 2.48. The van der Waals surface area contributed by atoms with Crippen molar-refractivity contribution in [2.75, 3.05) is 13.2 Å². The van der Waals surface area contributed by atoms with Crippen LogP contribution in [0.1, 0.15) is 13.8 Å². The van der Waals surface area contributed by atoms with Crippen molar-refractivity contribution in [2.45, 2.75) is 13.8 Å². The maximum absolute atomic E-state index is 12.4. The van der Waals surface area contributed by atoms with Gasteiger partial charge in [-0.1, -0.05) is 0 Å². The average molecular weight is 260 g/mol. The van der Waals surface area contributed by atoms with Crippen molar-refractivity contribution in [1.82, 2.24) is 4.98 Å². The van der Waals surface area contributed by atoms with Crippen LogP contribution in [0.4, 0.5) is 5.69 Å². The summed E-state index contributed by atoms with van der Waals surface area (Å²) in [7, 11) is -3.67. The Balaban J connectivity index is 3.28. The molecule has 0 saturated heterocycles. The van der Waals surface area contributed by atoms with Gasteiger partial charge in [-0.25, -0.2) is 0 Å². The molecule has 0 aliphatic carbocycles. The molecule has 8 heteroatoms. The molecule has 1 aromatic rings. The second-order valence-corrected chi connectivity index (χ2v) is 4.95. The fraction of sp³-hybridized carbons (Fsp3) is 0.444. The Morgan fingerprint density at radius 3 is 2.47 bits per heavy atom. The van der Waals surface area contributed by atoms with Gasteiger partial charge < -0.3 is 9.05 Å². The fourth-order valence-corrected chi connectivity index (χ4v) is 2.94. The van der Waals surface area contributed by atoms with Crippen molar-refractivity contribution in [1.29, 1.82) is 0 Å². The minimum atomic E-state index is -3.67. The van der Waals surface area contributed by atoms with E-state index in [1.807, 2.05) is 0 Å². The van der Waals surface area contributed by atoms with E-state index < -0.39 is 12.5 Å². The van der Waals surface area contributed by atoms with Crippen molar-refractivity contribution in [2.24, 2.45) is 0 Å². The molecule has 0 spiro atoms.